The Kier molecular flexibility index (Phi) is 9.06. The molecule has 2 saturated heterocycles. The van der Waals surface area contributed by atoms with Crippen molar-refractivity contribution >= 4 is 44.9 Å². The van der Waals surface area contributed by atoms with Crippen molar-refractivity contribution in [3.05, 3.63) is 58.1 Å². The summed E-state index contributed by atoms with van der Waals surface area (Å²) in [5.41, 5.74) is 0.748. The van der Waals surface area contributed by atoms with Gasteiger partial charge in [-0.05, 0) is 62.8 Å². The molecule has 0 saturated carbocycles. The van der Waals surface area contributed by atoms with Crippen LogP contribution in [0.25, 0.3) is 0 Å². The SMILES string of the molecule is CCN(CC)C1CNC2(S(=O)(=O)c3cc(Cl)ccc3OC)CN(C(C)C)C(=O)C(Cc3ccc(Cl)cc3)N2C1=O. The fraction of sp³-hybridized carbons (Fsp3) is 0.500. The molecule has 1 N–H and O–H groups in total. The Balaban J connectivity index is 1.97. The van der Waals surface area contributed by atoms with Gasteiger partial charge in [0, 0.05) is 29.1 Å². The molecule has 0 aliphatic carbocycles. The zero-order valence-corrected chi connectivity index (χ0v) is 25.7. The van der Waals surface area contributed by atoms with Crippen molar-refractivity contribution in [1.29, 1.82) is 0 Å². The number of fused-ring (bicyclic) bond motifs is 1. The number of hydrogen-bond donors (Lipinski definition) is 1. The largest absolute Gasteiger partial charge is 0.495 e. The third-order valence-corrected chi connectivity index (χ3v) is 10.6. The van der Waals surface area contributed by atoms with E-state index in [0.717, 1.165) is 5.56 Å². The first-order valence-electron chi connectivity index (χ1n) is 13.4. The first-order chi connectivity index (χ1) is 18.9. The number of halogens is 2. The van der Waals surface area contributed by atoms with Crippen LogP contribution in [-0.2, 0) is 25.8 Å². The molecule has 2 aliphatic rings. The van der Waals surface area contributed by atoms with E-state index in [0.29, 0.717) is 18.1 Å². The maximum atomic E-state index is 14.8. The van der Waals surface area contributed by atoms with Crippen LogP contribution in [0, 0.1) is 0 Å². The Bertz CT molecular complexity index is 1370. The molecule has 40 heavy (non-hydrogen) atoms. The van der Waals surface area contributed by atoms with Gasteiger partial charge in [-0.15, -0.1) is 0 Å². The molecule has 12 heteroatoms. The molecular weight excluding hydrogens is 575 g/mol. The highest BCUT2D eigenvalue weighted by atomic mass is 35.5. The standard InChI is InChI=1S/C28H36Cl2N4O5S/c1-6-32(7-2)23-16-31-28(40(37,38)25-15-21(30)12-13-24(25)39-5)17-33(18(3)4)26(35)22(34(28)27(23)36)14-19-8-10-20(29)11-9-19/h8-13,15,18,22-23,31H,6-7,14,16-17H2,1-5H3. The Morgan fingerprint density at radius 1 is 1.05 bits per heavy atom. The predicted molar refractivity (Wildman–Crippen MR) is 155 cm³/mol. The Morgan fingerprint density at radius 2 is 1.68 bits per heavy atom. The molecule has 2 amide bonds. The number of carbonyl (C=O) groups excluding carboxylic acids is 2. The Morgan fingerprint density at radius 3 is 2.25 bits per heavy atom. The summed E-state index contributed by atoms with van der Waals surface area (Å²) in [5.74, 6) is -0.631. The van der Waals surface area contributed by atoms with Gasteiger partial charge in [0.05, 0.1) is 13.7 Å². The highest BCUT2D eigenvalue weighted by Crippen LogP contribution is 2.42. The molecule has 2 fully saturated rings. The zero-order valence-electron chi connectivity index (χ0n) is 23.4. The maximum absolute atomic E-state index is 14.8. The van der Waals surface area contributed by atoms with E-state index in [1.807, 2.05) is 32.6 Å². The minimum absolute atomic E-state index is 0.0902. The highest BCUT2D eigenvalue weighted by molar-refractivity contribution is 7.93. The van der Waals surface area contributed by atoms with Crippen LogP contribution in [-0.4, -0.2) is 91.3 Å². The van der Waals surface area contributed by atoms with Crippen LogP contribution in [0.2, 0.25) is 10.0 Å². The number of nitrogens with zero attached hydrogens (tertiary/aromatic N) is 3. The van der Waals surface area contributed by atoms with Crippen LogP contribution >= 0.6 is 23.2 Å². The first kappa shape index (κ1) is 30.6. The van der Waals surface area contributed by atoms with E-state index in [1.54, 1.807) is 30.3 Å². The molecule has 2 heterocycles. The number of methoxy groups -OCH3 is 1. The van der Waals surface area contributed by atoms with E-state index in [-0.39, 0.29) is 47.1 Å². The second-order valence-electron chi connectivity index (χ2n) is 10.3. The van der Waals surface area contributed by atoms with Crippen LogP contribution < -0.4 is 10.1 Å². The number of nitrogens with one attached hydrogen (secondary N) is 1. The van der Waals surface area contributed by atoms with Gasteiger partial charge in [0.25, 0.3) is 0 Å². The monoisotopic (exact) mass is 610 g/mol. The fourth-order valence-corrected chi connectivity index (χ4v) is 8.16. The molecule has 9 nitrogen and oxygen atoms in total. The lowest BCUT2D eigenvalue weighted by atomic mass is 9.95. The fourth-order valence-electron chi connectivity index (χ4n) is 5.68. The predicted octanol–water partition coefficient (Wildman–Crippen LogP) is 3.43. The molecular formula is C28H36Cl2N4O5S. The number of amides is 2. The summed E-state index contributed by atoms with van der Waals surface area (Å²) >= 11 is 12.4. The summed E-state index contributed by atoms with van der Waals surface area (Å²) in [6, 6.07) is 9.27. The van der Waals surface area contributed by atoms with Gasteiger partial charge in [-0.3, -0.25) is 24.7 Å². The number of hydrogen-bond acceptors (Lipinski definition) is 7. The summed E-state index contributed by atoms with van der Waals surface area (Å²) in [5, 5.41) is 4.00. The molecule has 0 aromatic heterocycles. The van der Waals surface area contributed by atoms with Crippen molar-refractivity contribution < 1.29 is 22.7 Å². The smallest absolute Gasteiger partial charge is 0.246 e. The van der Waals surface area contributed by atoms with Gasteiger partial charge in [0.1, 0.15) is 22.7 Å². The van der Waals surface area contributed by atoms with Crippen LogP contribution in [0.15, 0.2) is 47.4 Å². The molecule has 218 valence electrons. The lowest BCUT2D eigenvalue weighted by molar-refractivity contribution is -0.169. The molecule has 0 spiro atoms. The number of sulfone groups is 1. The highest BCUT2D eigenvalue weighted by Gasteiger charge is 2.64. The molecule has 2 aliphatic heterocycles. The van der Waals surface area contributed by atoms with Gasteiger partial charge < -0.3 is 9.64 Å². The first-order valence-corrected chi connectivity index (χ1v) is 15.6. The van der Waals surface area contributed by atoms with E-state index >= 15 is 0 Å². The topological polar surface area (TPSA) is 99.3 Å². The van der Waals surface area contributed by atoms with Crippen LogP contribution in [0.3, 0.4) is 0 Å². The molecule has 2 aromatic carbocycles. The molecule has 2 aromatic rings. The third kappa shape index (κ3) is 5.20. The van der Waals surface area contributed by atoms with Gasteiger partial charge in [0.15, 0.2) is 0 Å². The van der Waals surface area contributed by atoms with Gasteiger partial charge in [-0.1, -0.05) is 49.2 Å². The van der Waals surface area contributed by atoms with Gasteiger partial charge in [-0.25, -0.2) is 8.42 Å². The van der Waals surface area contributed by atoms with Crippen LogP contribution in [0.1, 0.15) is 33.3 Å². The minimum atomic E-state index is -4.42. The molecule has 3 atom stereocenters. The van der Waals surface area contributed by atoms with Crippen molar-refractivity contribution in [1.82, 2.24) is 20.0 Å². The van der Waals surface area contributed by atoms with E-state index in [9.17, 15) is 18.0 Å². The summed E-state index contributed by atoms with van der Waals surface area (Å²) in [7, 11) is -3.04. The Hall–Kier alpha value is -2.37. The molecule has 0 bridgehead atoms. The van der Waals surface area contributed by atoms with Crippen molar-refractivity contribution in [2.75, 3.05) is 33.3 Å². The van der Waals surface area contributed by atoms with E-state index < -0.39 is 32.8 Å². The van der Waals surface area contributed by atoms with Crippen molar-refractivity contribution in [3.63, 3.8) is 0 Å². The van der Waals surface area contributed by atoms with Gasteiger partial charge >= 0.3 is 0 Å². The van der Waals surface area contributed by atoms with Crippen molar-refractivity contribution in [2.45, 2.75) is 62.1 Å². The van der Waals surface area contributed by atoms with Crippen molar-refractivity contribution in [2.24, 2.45) is 0 Å². The van der Waals surface area contributed by atoms with Crippen LogP contribution in [0.5, 0.6) is 5.75 Å². The van der Waals surface area contributed by atoms with E-state index in [2.05, 4.69) is 5.32 Å². The number of piperazine rings is 1. The summed E-state index contributed by atoms with van der Waals surface area (Å²) in [6.45, 7) is 8.55. The Labute approximate surface area is 246 Å². The zero-order chi connectivity index (χ0) is 29.4. The van der Waals surface area contributed by atoms with Gasteiger partial charge in [-0.2, -0.15) is 0 Å². The second-order valence-corrected chi connectivity index (χ2v) is 13.3. The van der Waals surface area contributed by atoms with Gasteiger partial charge in [0.2, 0.25) is 26.6 Å². The van der Waals surface area contributed by atoms with Crippen LogP contribution in [0.4, 0.5) is 0 Å². The number of ether oxygens (including phenoxy) is 1. The summed E-state index contributed by atoms with van der Waals surface area (Å²) in [6.07, 6.45) is 0.113. The average molecular weight is 612 g/mol. The quantitative estimate of drug-likeness (QED) is 0.464. The van der Waals surface area contributed by atoms with E-state index in [4.69, 9.17) is 27.9 Å². The normalized spacial score (nSPS) is 23.6. The van der Waals surface area contributed by atoms with E-state index in [1.165, 1.54) is 29.0 Å². The second kappa shape index (κ2) is 11.9. The molecule has 0 radical (unpaired) electrons. The lowest BCUT2D eigenvalue weighted by Crippen LogP contribution is -2.83. The average Bonchev–Trinajstić information content (AvgIpc) is 2.92. The number of carbonyl (C=O) groups is 2. The maximum Gasteiger partial charge on any atom is 0.246 e. The summed E-state index contributed by atoms with van der Waals surface area (Å²) < 4.78 is 35.0. The summed E-state index contributed by atoms with van der Waals surface area (Å²) in [4.78, 5) is 31.2. The third-order valence-electron chi connectivity index (χ3n) is 7.83. The number of likely N-dealkylation sites (N-methyl/N-ethyl adjacent to an activating group) is 1. The number of rotatable bonds is 9. The number of benzene rings is 2. The molecule has 4 rings (SSSR count). The lowest BCUT2D eigenvalue weighted by Gasteiger charge is -2.58. The minimum Gasteiger partial charge on any atom is -0.495 e. The molecule has 3 unspecified atom stereocenters. The van der Waals surface area contributed by atoms with Crippen molar-refractivity contribution in [3.8, 4) is 5.75 Å².